The van der Waals surface area contributed by atoms with Gasteiger partial charge in [-0.15, -0.1) is 0 Å². The summed E-state index contributed by atoms with van der Waals surface area (Å²) < 4.78 is 33.7. The van der Waals surface area contributed by atoms with Crippen LogP contribution in [0.3, 0.4) is 0 Å². The predicted molar refractivity (Wildman–Crippen MR) is 184 cm³/mol. The Morgan fingerprint density at radius 3 is 1.75 bits per heavy atom. The minimum Gasteiger partial charge on any atom is -0.457 e. The third kappa shape index (κ3) is 20.1. The fraction of sp³-hybridized carbons (Fsp3) is 0.743. The van der Waals surface area contributed by atoms with Crippen molar-refractivity contribution >= 4 is 13.8 Å². The molecule has 0 heterocycles. The Labute approximate surface area is 286 Å². The maximum atomic E-state index is 12.7. The molecule has 6 atom stereocenters. The number of esters is 1. The molecule has 0 amide bonds. The van der Waals surface area contributed by atoms with Gasteiger partial charge in [0.25, 0.3) is 0 Å². The van der Waals surface area contributed by atoms with Crippen molar-refractivity contribution in [1.29, 1.82) is 0 Å². The van der Waals surface area contributed by atoms with Crippen molar-refractivity contribution in [3.8, 4) is 0 Å². The SMILES string of the molecule is CC/C=C\C/C=C\C/C=C\C/C=C\CCC(=O)OC(COCCCCCCCCCC)COP(=O)(O)OC1C(O)C(O)C(O)C(O)C1O. The number of hydrogen-bond donors (Lipinski definition) is 6. The van der Waals surface area contributed by atoms with Gasteiger partial charge in [-0.1, -0.05) is 107 Å². The molecule has 1 rings (SSSR count). The molecule has 0 aromatic carbocycles. The molecule has 0 aromatic heterocycles. The second kappa shape index (κ2) is 27.1. The number of unbranched alkanes of at least 4 members (excludes halogenated alkanes) is 7. The van der Waals surface area contributed by atoms with E-state index in [0.29, 0.717) is 13.0 Å². The second-order valence-electron chi connectivity index (χ2n) is 12.0. The molecule has 1 aliphatic carbocycles. The molecule has 48 heavy (non-hydrogen) atoms. The molecule has 6 unspecified atom stereocenters. The number of carbonyl (C=O) groups excluding carboxylic acids is 1. The van der Waals surface area contributed by atoms with Gasteiger partial charge in [0.05, 0.1) is 13.2 Å². The fourth-order valence-corrected chi connectivity index (χ4v) is 5.87. The van der Waals surface area contributed by atoms with E-state index in [4.69, 9.17) is 18.5 Å². The summed E-state index contributed by atoms with van der Waals surface area (Å²) in [6.07, 6.45) is 16.6. The molecule has 0 radical (unpaired) electrons. The maximum Gasteiger partial charge on any atom is 0.472 e. The molecule has 0 spiro atoms. The van der Waals surface area contributed by atoms with Crippen LogP contribution < -0.4 is 0 Å². The summed E-state index contributed by atoms with van der Waals surface area (Å²) in [7, 11) is -5.02. The van der Waals surface area contributed by atoms with E-state index >= 15 is 0 Å². The summed E-state index contributed by atoms with van der Waals surface area (Å²) in [5.41, 5.74) is 0. The van der Waals surface area contributed by atoms with Crippen molar-refractivity contribution in [2.24, 2.45) is 0 Å². The van der Waals surface area contributed by atoms with Crippen LogP contribution in [-0.4, -0.2) is 98.9 Å². The van der Waals surface area contributed by atoms with E-state index in [1.54, 1.807) is 0 Å². The van der Waals surface area contributed by atoms with Gasteiger partial charge < -0.3 is 39.9 Å². The lowest BCUT2D eigenvalue weighted by atomic mass is 9.85. The number of phosphoric ester groups is 1. The number of aliphatic hydroxyl groups is 5. The van der Waals surface area contributed by atoms with Crippen LogP contribution >= 0.6 is 7.82 Å². The molecule has 0 aromatic rings. The summed E-state index contributed by atoms with van der Waals surface area (Å²) in [5, 5.41) is 49.8. The Morgan fingerprint density at radius 1 is 0.688 bits per heavy atom. The first-order valence-electron chi connectivity index (χ1n) is 17.5. The fourth-order valence-electron chi connectivity index (χ4n) is 4.90. The van der Waals surface area contributed by atoms with E-state index in [1.807, 2.05) is 18.2 Å². The first-order valence-corrected chi connectivity index (χ1v) is 19.0. The lowest BCUT2D eigenvalue weighted by Crippen LogP contribution is -2.64. The first-order chi connectivity index (χ1) is 23.0. The van der Waals surface area contributed by atoms with Gasteiger partial charge in [0.1, 0.15) is 42.7 Å². The van der Waals surface area contributed by atoms with E-state index in [-0.39, 0.29) is 13.0 Å². The summed E-state index contributed by atoms with van der Waals surface area (Å²) in [6.45, 7) is 3.97. The summed E-state index contributed by atoms with van der Waals surface area (Å²) >= 11 is 0. The lowest BCUT2D eigenvalue weighted by molar-refractivity contribution is -0.220. The highest BCUT2D eigenvalue weighted by atomic mass is 31.2. The number of hydrogen-bond acceptors (Lipinski definition) is 11. The zero-order chi connectivity index (χ0) is 35.6. The first kappa shape index (κ1) is 44.3. The van der Waals surface area contributed by atoms with Gasteiger partial charge >= 0.3 is 13.8 Å². The van der Waals surface area contributed by atoms with Gasteiger partial charge in [0.15, 0.2) is 0 Å². The van der Waals surface area contributed by atoms with E-state index in [0.717, 1.165) is 51.4 Å². The van der Waals surface area contributed by atoms with Crippen LogP contribution in [0.5, 0.6) is 0 Å². The summed E-state index contributed by atoms with van der Waals surface area (Å²) in [4.78, 5) is 22.8. The summed E-state index contributed by atoms with van der Waals surface area (Å²) in [6, 6.07) is 0. The van der Waals surface area contributed by atoms with Crippen LogP contribution in [0.15, 0.2) is 48.6 Å². The number of ether oxygens (including phenoxy) is 2. The van der Waals surface area contributed by atoms with Gasteiger partial charge in [-0.2, -0.15) is 0 Å². The monoisotopic (exact) mass is 704 g/mol. The van der Waals surface area contributed by atoms with Crippen molar-refractivity contribution in [3.05, 3.63) is 48.6 Å². The predicted octanol–water partition coefficient (Wildman–Crippen LogP) is 4.96. The van der Waals surface area contributed by atoms with Gasteiger partial charge in [-0.3, -0.25) is 13.8 Å². The number of allylic oxidation sites excluding steroid dienone is 8. The standard InChI is InChI=1S/C35H61O12P/c1-3-5-7-9-11-13-14-15-16-17-18-20-22-24-29(36)46-28(26-44-25-23-21-19-12-10-8-6-4-2)27-45-48(42,43)47-35-33(40)31(38)30(37)32(39)34(35)41/h5,7,11,13,15-16,18,20,28,30-35,37-41H,3-4,6,8-10,12,14,17,19,21-27H2,1-2H3,(H,42,43)/b7-5-,13-11-,16-15-,20-18-. The van der Waals surface area contributed by atoms with Gasteiger partial charge in [-0.25, -0.2) is 4.57 Å². The minimum atomic E-state index is -5.02. The molecule has 0 saturated heterocycles. The van der Waals surface area contributed by atoms with Gasteiger partial charge in [-0.05, 0) is 38.5 Å². The quantitative estimate of drug-likeness (QED) is 0.0292. The third-order valence-electron chi connectivity index (χ3n) is 7.73. The molecule has 6 N–H and O–H groups in total. The zero-order valence-corrected chi connectivity index (χ0v) is 29.7. The van der Waals surface area contributed by atoms with E-state index in [2.05, 4.69) is 44.2 Å². The van der Waals surface area contributed by atoms with Gasteiger partial charge in [0, 0.05) is 13.0 Å². The number of carbonyl (C=O) groups is 1. The van der Waals surface area contributed by atoms with Gasteiger partial charge in [0.2, 0.25) is 0 Å². The Morgan fingerprint density at radius 2 is 1.19 bits per heavy atom. The second-order valence-corrected chi connectivity index (χ2v) is 13.4. The van der Waals surface area contributed by atoms with Crippen LogP contribution in [0.1, 0.15) is 104 Å². The maximum absolute atomic E-state index is 12.7. The topological polar surface area (TPSA) is 192 Å². The normalized spacial score (nSPS) is 25.4. The third-order valence-corrected chi connectivity index (χ3v) is 8.71. The Kier molecular flexibility index (Phi) is 25.0. The lowest BCUT2D eigenvalue weighted by Gasteiger charge is -2.41. The number of phosphoric acid groups is 1. The molecular weight excluding hydrogens is 643 g/mol. The largest absolute Gasteiger partial charge is 0.472 e. The Hall–Kier alpha value is -1.70. The van der Waals surface area contributed by atoms with Crippen molar-refractivity contribution in [2.45, 2.75) is 146 Å². The van der Waals surface area contributed by atoms with Crippen LogP contribution in [0, 0.1) is 0 Å². The summed E-state index contributed by atoms with van der Waals surface area (Å²) in [5.74, 6) is -0.561. The van der Waals surface area contributed by atoms with Crippen molar-refractivity contribution in [3.63, 3.8) is 0 Å². The highest BCUT2D eigenvalue weighted by Gasteiger charge is 2.51. The van der Waals surface area contributed by atoms with Crippen molar-refractivity contribution < 1.29 is 58.3 Å². The zero-order valence-electron chi connectivity index (χ0n) is 28.8. The van der Waals surface area contributed by atoms with Crippen molar-refractivity contribution in [2.75, 3.05) is 19.8 Å². The van der Waals surface area contributed by atoms with Crippen molar-refractivity contribution in [1.82, 2.24) is 0 Å². The minimum absolute atomic E-state index is 0.0641. The average Bonchev–Trinajstić information content (AvgIpc) is 3.06. The van der Waals surface area contributed by atoms with E-state index < -0.39 is 63.1 Å². The van der Waals surface area contributed by atoms with Crippen LogP contribution in [0.2, 0.25) is 0 Å². The number of rotatable bonds is 27. The average molecular weight is 705 g/mol. The smallest absolute Gasteiger partial charge is 0.457 e. The van der Waals surface area contributed by atoms with Crippen LogP contribution in [0.25, 0.3) is 0 Å². The highest BCUT2D eigenvalue weighted by molar-refractivity contribution is 7.47. The molecule has 278 valence electrons. The molecule has 1 aliphatic rings. The molecule has 0 aliphatic heterocycles. The molecule has 1 fully saturated rings. The molecule has 1 saturated carbocycles. The van der Waals surface area contributed by atoms with E-state index in [9.17, 15) is 39.8 Å². The van der Waals surface area contributed by atoms with E-state index in [1.165, 1.54) is 25.7 Å². The van der Waals surface area contributed by atoms with Crippen LogP contribution in [-0.2, 0) is 27.9 Å². The molecule has 13 heteroatoms. The van der Waals surface area contributed by atoms with Crippen LogP contribution in [0.4, 0.5) is 0 Å². The Balaban J connectivity index is 2.58. The molecule has 12 nitrogen and oxygen atoms in total. The molecule has 0 bridgehead atoms. The highest BCUT2D eigenvalue weighted by Crippen LogP contribution is 2.47. The molecular formula is C35H61O12P. The number of aliphatic hydroxyl groups excluding tert-OH is 5. The Bertz CT molecular complexity index is 984.